The van der Waals surface area contributed by atoms with Gasteiger partial charge in [-0.25, -0.2) is 0 Å². The predicted molar refractivity (Wildman–Crippen MR) is 77.9 cm³/mol. The van der Waals surface area contributed by atoms with Gasteiger partial charge in [0.1, 0.15) is 0 Å². The van der Waals surface area contributed by atoms with Crippen LogP contribution in [0.3, 0.4) is 0 Å². The Bertz CT molecular complexity index is 353. The molecule has 1 heterocycles. The minimum Gasteiger partial charge on any atom is -0.356 e. The average Bonchev–Trinajstić information content (AvgIpc) is 2.43. The maximum absolute atomic E-state index is 12.3. The number of nitrogens with two attached hydrogens (primary N) is 1. The molecular weight excluding hydrogens is 254 g/mol. The highest BCUT2D eigenvalue weighted by molar-refractivity contribution is 5.80. The number of nitrogens with one attached hydrogen (secondary N) is 1. The van der Waals surface area contributed by atoms with Crippen LogP contribution in [-0.2, 0) is 9.59 Å². The minimum atomic E-state index is 0.0752. The third-order valence-corrected chi connectivity index (χ3v) is 4.94. The third kappa shape index (κ3) is 3.32. The maximum atomic E-state index is 12.3. The summed E-state index contributed by atoms with van der Waals surface area (Å²) in [5, 5.41) is 2.87. The summed E-state index contributed by atoms with van der Waals surface area (Å²) in [4.78, 5) is 26.0. The Labute approximate surface area is 121 Å². The summed E-state index contributed by atoms with van der Waals surface area (Å²) in [5.41, 5.74) is 5.89. The second-order valence-corrected chi connectivity index (χ2v) is 6.28. The van der Waals surface area contributed by atoms with E-state index in [1.807, 2.05) is 11.8 Å². The second kappa shape index (κ2) is 6.57. The fraction of sp³-hybridized carbons (Fsp3) is 0.867. The van der Waals surface area contributed by atoms with Gasteiger partial charge in [-0.05, 0) is 44.6 Å². The van der Waals surface area contributed by atoms with Gasteiger partial charge in [-0.15, -0.1) is 0 Å². The second-order valence-electron chi connectivity index (χ2n) is 6.28. The fourth-order valence-electron chi connectivity index (χ4n) is 3.27. The van der Waals surface area contributed by atoms with E-state index in [-0.39, 0.29) is 23.1 Å². The molecule has 0 spiro atoms. The lowest BCUT2D eigenvalue weighted by molar-refractivity contribution is -0.138. The van der Waals surface area contributed by atoms with Crippen LogP contribution in [0.4, 0.5) is 0 Å². The van der Waals surface area contributed by atoms with Crippen molar-refractivity contribution >= 4 is 11.8 Å². The van der Waals surface area contributed by atoms with Gasteiger partial charge in [-0.1, -0.05) is 6.42 Å². The molecule has 114 valence electrons. The van der Waals surface area contributed by atoms with Crippen LogP contribution in [-0.4, -0.2) is 42.9 Å². The molecule has 0 aromatic heterocycles. The molecule has 0 atom stereocenters. The molecule has 2 amide bonds. The van der Waals surface area contributed by atoms with E-state index in [2.05, 4.69) is 5.32 Å². The van der Waals surface area contributed by atoms with Gasteiger partial charge in [0, 0.05) is 32.0 Å². The summed E-state index contributed by atoms with van der Waals surface area (Å²) < 4.78 is 0. The lowest BCUT2D eigenvalue weighted by Crippen LogP contribution is -2.47. The first-order chi connectivity index (χ1) is 9.60. The van der Waals surface area contributed by atoms with E-state index in [1.165, 1.54) is 6.42 Å². The van der Waals surface area contributed by atoms with Crippen molar-refractivity contribution in [2.75, 3.05) is 26.2 Å². The zero-order chi connectivity index (χ0) is 14.6. The largest absolute Gasteiger partial charge is 0.356 e. The molecule has 20 heavy (non-hydrogen) atoms. The molecular formula is C15H27N3O2. The van der Waals surface area contributed by atoms with E-state index in [0.29, 0.717) is 32.6 Å². The first kappa shape index (κ1) is 15.3. The van der Waals surface area contributed by atoms with Gasteiger partial charge in [0.25, 0.3) is 0 Å². The maximum Gasteiger partial charge on any atom is 0.223 e. The molecule has 0 radical (unpaired) electrons. The van der Waals surface area contributed by atoms with Gasteiger partial charge in [0.05, 0.1) is 0 Å². The number of rotatable bonds is 5. The molecule has 2 rings (SSSR count). The van der Waals surface area contributed by atoms with Crippen LogP contribution in [0.2, 0.25) is 0 Å². The lowest BCUT2D eigenvalue weighted by Gasteiger charge is -2.42. The number of carbonyl (C=O) groups is 2. The predicted octanol–water partition coefficient (Wildman–Crippen LogP) is 0.880. The molecule has 0 unspecified atom stereocenters. The number of hydrogen-bond donors (Lipinski definition) is 2. The van der Waals surface area contributed by atoms with Crippen molar-refractivity contribution in [1.29, 1.82) is 0 Å². The SMILES string of the molecule is CCNC(=O)C1CCN(C(=O)CC2(CN)CCC2)CC1. The monoisotopic (exact) mass is 281 g/mol. The Hall–Kier alpha value is -1.10. The van der Waals surface area contributed by atoms with Gasteiger partial charge in [0.15, 0.2) is 0 Å². The highest BCUT2D eigenvalue weighted by atomic mass is 16.2. The van der Waals surface area contributed by atoms with E-state index in [4.69, 9.17) is 5.73 Å². The first-order valence-electron chi connectivity index (χ1n) is 7.86. The standard InChI is InChI=1S/C15H27N3O2/c1-2-17-14(20)12-4-8-18(9-5-12)13(19)10-15(11-16)6-3-7-15/h12H,2-11,16H2,1H3,(H,17,20). The van der Waals surface area contributed by atoms with Crippen LogP contribution in [0.1, 0.15) is 45.4 Å². The molecule has 0 bridgehead atoms. The van der Waals surface area contributed by atoms with E-state index < -0.39 is 0 Å². The molecule has 2 fully saturated rings. The van der Waals surface area contributed by atoms with E-state index >= 15 is 0 Å². The van der Waals surface area contributed by atoms with Crippen LogP contribution >= 0.6 is 0 Å². The lowest BCUT2D eigenvalue weighted by atomic mass is 9.66. The van der Waals surface area contributed by atoms with Gasteiger partial charge < -0.3 is 16.0 Å². The molecule has 2 aliphatic rings. The summed E-state index contributed by atoms with van der Waals surface area (Å²) in [7, 11) is 0. The Balaban J connectivity index is 1.78. The van der Waals surface area contributed by atoms with Crippen molar-refractivity contribution in [2.45, 2.75) is 45.4 Å². The van der Waals surface area contributed by atoms with Gasteiger partial charge in [-0.3, -0.25) is 9.59 Å². The van der Waals surface area contributed by atoms with Gasteiger partial charge in [0.2, 0.25) is 11.8 Å². The molecule has 1 saturated carbocycles. The zero-order valence-corrected chi connectivity index (χ0v) is 12.5. The Morgan fingerprint density at radius 2 is 1.95 bits per heavy atom. The van der Waals surface area contributed by atoms with Crippen LogP contribution in [0, 0.1) is 11.3 Å². The number of likely N-dealkylation sites (tertiary alicyclic amines) is 1. The van der Waals surface area contributed by atoms with E-state index in [0.717, 1.165) is 25.7 Å². The quantitative estimate of drug-likeness (QED) is 0.785. The fourth-order valence-corrected chi connectivity index (χ4v) is 3.27. The number of amides is 2. The normalized spacial score (nSPS) is 22.2. The number of nitrogens with zero attached hydrogens (tertiary/aromatic N) is 1. The minimum absolute atomic E-state index is 0.0752. The summed E-state index contributed by atoms with van der Waals surface area (Å²) >= 11 is 0. The first-order valence-corrected chi connectivity index (χ1v) is 7.86. The molecule has 1 aliphatic carbocycles. The summed E-state index contributed by atoms with van der Waals surface area (Å²) in [5.74, 6) is 0.438. The van der Waals surface area contributed by atoms with Crippen molar-refractivity contribution in [3.8, 4) is 0 Å². The van der Waals surface area contributed by atoms with Crippen LogP contribution in [0.5, 0.6) is 0 Å². The van der Waals surface area contributed by atoms with Crippen molar-refractivity contribution in [3.05, 3.63) is 0 Å². The topological polar surface area (TPSA) is 75.4 Å². The summed E-state index contributed by atoms with van der Waals surface area (Å²) in [6.07, 6.45) is 5.54. The van der Waals surface area contributed by atoms with Crippen molar-refractivity contribution in [2.24, 2.45) is 17.1 Å². The number of carbonyl (C=O) groups excluding carboxylic acids is 2. The van der Waals surface area contributed by atoms with Crippen molar-refractivity contribution in [3.63, 3.8) is 0 Å². The number of piperidine rings is 1. The third-order valence-electron chi connectivity index (χ3n) is 4.94. The highest BCUT2D eigenvalue weighted by Gasteiger charge is 2.39. The van der Waals surface area contributed by atoms with Crippen molar-refractivity contribution in [1.82, 2.24) is 10.2 Å². The molecule has 0 aromatic carbocycles. The summed E-state index contributed by atoms with van der Waals surface area (Å²) in [6.45, 7) is 4.65. The van der Waals surface area contributed by atoms with Crippen LogP contribution in [0.25, 0.3) is 0 Å². The Kier molecular flexibility index (Phi) is 5.02. The van der Waals surface area contributed by atoms with Gasteiger partial charge in [-0.2, -0.15) is 0 Å². The van der Waals surface area contributed by atoms with E-state index in [9.17, 15) is 9.59 Å². The smallest absolute Gasteiger partial charge is 0.223 e. The molecule has 5 nitrogen and oxygen atoms in total. The molecule has 1 saturated heterocycles. The average molecular weight is 281 g/mol. The molecule has 3 N–H and O–H groups in total. The summed E-state index contributed by atoms with van der Waals surface area (Å²) in [6, 6.07) is 0. The molecule has 1 aliphatic heterocycles. The zero-order valence-electron chi connectivity index (χ0n) is 12.5. The number of hydrogen-bond acceptors (Lipinski definition) is 3. The Morgan fingerprint density at radius 3 is 2.40 bits per heavy atom. The van der Waals surface area contributed by atoms with Crippen molar-refractivity contribution < 1.29 is 9.59 Å². The van der Waals surface area contributed by atoms with Crippen LogP contribution in [0.15, 0.2) is 0 Å². The van der Waals surface area contributed by atoms with E-state index in [1.54, 1.807) is 0 Å². The van der Waals surface area contributed by atoms with Crippen LogP contribution < -0.4 is 11.1 Å². The highest BCUT2D eigenvalue weighted by Crippen LogP contribution is 2.43. The molecule has 5 heteroatoms. The Morgan fingerprint density at radius 1 is 1.30 bits per heavy atom. The molecule has 0 aromatic rings. The van der Waals surface area contributed by atoms with Gasteiger partial charge >= 0.3 is 0 Å².